The molecule has 0 spiro atoms. The lowest BCUT2D eigenvalue weighted by Gasteiger charge is -2.22. The second kappa shape index (κ2) is 13.7. The van der Waals surface area contributed by atoms with Crippen LogP contribution >= 0.6 is 0 Å². The lowest BCUT2D eigenvalue weighted by Crippen LogP contribution is -2.39. The molecule has 162 valence electrons. The molecule has 29 heavy (non-hydrogen) atoms. The Bertz CT molecular complexity index is 623. The molecule has 0 fully saturated rings. The zero-order valence-corrected chi connectivity index (χ0v) is 18.2. The van der Waals surface area contributed by atoms with Crippen LogP contribution in [0.5, 0.6) is 0 Å². The van der Waals surface area contributed by atoms with Gasteiger partial charge in [-0.1, -0.05) is 37.6 Å². The van der Waals surface area contributed by atoms with E-state index in [2.05, 4.69) is 36.5 Å². The van der Waals surface area contributed by atoms with Gasteiger partial charge in [0.05, 0.1) is 13.2 Å². The summed E-state index contributed by atoms with van der Waals surface area (Å²) in [7, 11) is 0. The van der Waals surface area contributed by atoms with Gasteiger partial charge in [0.2, 0.25) is 5.91 Å². The van der Waals surface area contributed by atoms with E-state index in [0.717, 1.165) is 18.4 Å². The van der Waals surface area contributed by atoms with Gasteiger partial charge >= 0.3 is 11.9 Å². The highest BCUT2D eigenvalue weighted by Crippen LogP contribution is 2.17. The Kier molecular flexibility index (Phi) is 11.7. The number of esters is 2. The molecule has 1 N–H and O–H groups in total. The fourth-order valence-electron chi connectivity index (χ4n) is 3.19. The fraction of sp³-hybridized carbons (Fsp3) is 0.609. The maximum absolute atomic E-state index is 12.2. The van der Waals surface area contributed by atoms with E-state index >= 15 is 0 Å². The zero-order valence-electron chi connectivity index (χ0n) is 18.2. The van der Waals surface area contributed by atoms with Gasteiger partial charge in [-0.15, -0.1) is 0 Å². The predicted molar refractivity (Wildman–Crippen MR) is 112 cm³/mol. The monoisotopic (exact) mass is 405 g/mol. The first kappa shape index (κ1) is 24.7. The smallest absolute Gasteiger partial charge is 0.320 e. The number of nitrogens with one attached hydrogen (secondary N) is 1. The summed E-state index contributed by atoms with van der Waals surface area (Å²) in [4.78, 5) is 36.1. The summed E-state index contributed by atoms with van der Waals surface area (Å²) in [5.41, 5.74) is 2.48. The molecule has 0 saturated heterocycles. The van der Waals surface area contributed by atoms with E-state index in [0.29, 0.717) is 6.42 Å². The average Bonchev–Trinajstić information content (AvgIpc) is 2.69. The minimum Gasteiger partial charge on any atom is -0.465 e. The molecule has 0 aliphatic carbocycles. The molecule has 6 heteroatoms. The molecule has 1 aromatic rings. The molecular formula is C23H35NO5. The Morgan fingerprint density at radius 3 is 1.86 bits per heavy atom. The third-order valence-corrected chi connectivity index (χ3v) is 4.69. The molecule has 1 aromatic carbocycles. The van der Waals surface area contributed by atoms with Gasteiger partial charge in [-0.05, 0) is 57.1 Å². The van der Waals surface area contributed by atoms with Crippen molar-refractivity contribution in [1.29, 1.82) is 0 Å². The largest absolute Gasteiger partial charge is 0.465 e. The average molecular weight is 406 g/mol. The summed E-state index contributed by atoms with van der Waals surface area (Å²) in [5.74, 6) is -2.46. The van der Waals surface area contributed by atoms with Crippen LogP contribution in [0.3, 0.4) is 0 Å². The number of amides is 1. The van der Waals surface area contributed by atoms with Crippen LogP contribution in [-0.4, -0.2) is 37.1 Å². The van der Waals surface area contributed by atoms with E-state index < -0.39 is 17.9 Å². The maximum Gasteiger partial charge on any atom is 0.320 e. The first-order valence-electron chi connectivity index (χ1n) is 10.6. The van der Waals surface area contributed by atoms with Gasteiger partial charge in [0.25, 0.3) is 0 Å². The quantitative estimate of drug-likeness (QED) is 0.401. The normalized spacial score (nSPS) is 11.8. The van der Waals surface area contributed by atoms with E-state index in [9.17, 15) is 14.4 Å². The number of hydrogen-bond donors (Lipinski definition) is 1. The number of rotatable bonds is 13. The highest BCUT2D eigenvalue weighted by Gasteiger charge is 2.32. The number of ether oxygens (including phenoxy) is 2. The van der Waals surface area contributed by atoms with Gasteiger partial charge in [-0.25, -0.2) is 0 Å². The van der Waals surface area contributed by atoms with Crippen molar-refractivity contribution in [2.75, 3.05) is 13.2 Å². The first-order chi connectivity index (χ1) is 13.9. The highest BCUT2D eigenvalue weighted by atomic mass is 16.6. The molecular weight excluding hydrogens is 370 g/mol. The predicted octanol–water partition coefficient (Wildman–Crippen LogP) is 3.60. The lowest BCUT2D eigenvalue weighted by molar-refractivity contribution is -0.162. The topological polar surface area (TPSA) is 81.7 Å². The molecule has 0 saturated carbocycles. The summed E-state index contributed by atoms with van der Waals surface area (Å²) in [6.45, 7) is 7.36. The van der Waals surface area contributed by atoms with Crippen LogP contribution in [0.2, 0.25) is 0 Å². The van der Waals surface area contributed by atoms with E-state index in [4.69, 9.17) is 9.47 Å². The van der Waals surface area contributed by atoms with E-state index in [-0.39, 0.29) is 31.6 Å². The van der Waals surface area contributed by atoms with Crippen molar-refractivity contribution in [3.63, 3.8) is 0 Å². The summed E-state index contributed by atoms with van der Waals surface area (Å²) in [6.07, 6.45) is 4.92. The molecule has 1 unspecified atom stereocenters. The summed E-state index contributed by atoms with van der Waals surface area (Å²) in [6, 6.07) is 8.15. The number of aryl methyl sites for hydroxylation is 2. The van der Waals surface area contributed by atoms with Crippen LogP contribution in [0.25, 0.3) is 0 Å². The van der Waals surface area contributed by atoms with Gasteiger partial charge in [-0.3, -0.25) is 14.4 Å². The van der Waals surface area contributed by atoms with Gasteiger partial charge in [-0.2, -0.15) is 0 Å². The van der Waals surface area contributed by atoms with E-state index in [1.54, 1.807) is 13.8 Å². The molecule has 0 heterocycles. The Balaban J connectivity index is 2.79. The van der Waals surface area contributed by atoms with Gasteiger partial charge in [0, 0.05) is 13.0 Å². The molecule has 0 aromatic heterocycles. The minimum atomic E-state index is -1.04. The molecule has 1 amide bonds. The number of carbonyl (C=O) groups is 3. The van der Waals surface area contributed by atoms with Gasteiger partial charge in [0.1, 0.15) is 0 Å². The Morgan fingerprint density at radius 1 is 0.897 bits per heavy atom. The summed E-state index contributed by atoms with van der Waals surface area (Å²) < 4.78 is 10.1. The Morgan fingerprint density at radius 2 is 1.41 bits per heavy atom. The molecule has 0 aliphatic rings. The second-order valence-electron chi connectivity index (χ2n) is 7.15. The number of hydrogen-bond acceptors (Lipinski definition) is 5. The van der Waals surface area contributed by atoms with Crippen LogP contribution in [0.1, 0.15) is 64.5 Å². The third kappa shape index (κ3) is 9.59. The summed E-state index contributed by atoms with van der Waals surface area (Å²) in [5, 5.41) is 2.86. The first-order valence-corrected chi connectivity index (χ1v) is 10.6. The molecule has 1 atom stereocenters. The van der Waals surface area contributed by atoms with Crippen molar-refractivity contribution < 1.29 is 23.9 Å². The maximum atomic E-state index is 12.2. The van der Waals surface area contributed by atoms with Crippen molar-refractivity contribution in [3.8, 4) is 0 Å². The Hall–Kier alpha value is -2.37. The van der Waals surface area contributed by atoms with Crippen LogP contribution in [0, 0.1) is 5.92 Å². The van der Waals surface area contributed by atoms with Gasteiger partial charge in [0.15, 0.2) is 5.92 Å². The van der Waals surface area contributed by atoms with Crippen molar-refractivity contribution in [2.45, 2.75) is 72.3 Å². The SMILES string of the molecule is CCCCc1ccc(CCC(CC(C(=O)OCC)C(=O)OCC)NC(C)=O)cc1. The van der Waals surface area contributed by atoms with Gasteiger partial charge < -0.3 is 14.8 Å². The molecule has 0 radical (unpaired) electrons. The minimum absolute atomic E-state index is 0.159. The van der Waals surface area contributed by atoms with Crippen LogP contribution in [0.15, 0.2) is 24.3 Å². The van der Waals surface area contributed by atoms with Crippen LogP contribution in [0.4, 0.5) is 0 Å². The highest BCUT2D eigenvalue weighted by molar-refractivity contribution is 5.95. The van der Waals surface area contributed by atoms with Crippen LogP contribution in [-0.2, 0) is 36.7 Å². The number of unbranched alkanes of at least 4 members (excludes halogenated alkanes) is 1. The molecule has 0 bridgehead atoms. The van der Waals surface area contributed by atoms with Crippen LogP contribution < -0.4 is 5.32 Å². The van der Waals surface area contributed by atoms with Crippen molar-refractivity contribution in [3.05, 3.63) is 35.4 Å². The zero-order chi connectivity index (χ0) is 21.6. The van der Waals surface area contributed by atoms with Crippen molar-refractivity contribution in [2.24, 2.45) is 5.92 Å². The number of carbonyl (C=O) groups excluding carboxylic acids is 3. The van der Waals surface area contributed by atoms with E-state index in [1.807, 2.05) is 0 Å². The van der Waals surface area contributed by atoms with E-state index in [1.165, 1.54) is 25.3 Å². The molecule has 0 aliphatic heterocycles. The standard InChI is InChI=1S/C23H35NO5/c1-5-8-9-18-10-12-19(13-11-18)14-15-20(24-17(4)25)16-21(22(26)28-6-2)23(27)29-7-3/h10-13,20-21H,5-9,14-16H2,1-4H3,(H,24,25). The lowest BCUT2D eigenvalue weighted by atomic mass is 9.94. The van der Waals surface area contributed by atoms with Crippen molar-refractivity contribution >= 4 is 17.8 Å². The van der Waals surface area contributed by atoms with Crippen molar-refractivity contribution in [1.82, 2.24) is 5.32 Å². The third-order valence-electron chi connectivity index (χ3n) is 4.69. The summed E-state index contributed by atoms with van der Waals surface area (Å²) >= 11 is 0. The number of benzene rings is 1. The fourth-order valence-corrected chi connectivity index (χ4v) is 3.19. The Labute approximate surface area is 174 Å². The second-order valence-corrected chi connectivity index (χ2v) is 7.15. The molecule has 6 nitrogen and oxygen atoms in total. The molecule has 1 rings (SSSR count).